The third kappa shape index (κ3) is 4.00. The number of rotatable bonds is 4. The monoisotopic (exact) mass is 408 g/mol. The number of nitrogens with zero attached hydrogens (tertiary/aromatic N) is 3. The summed E-state index contributed by atoms with van der Waals surface area (Å²) in [5, 5.41) is 7.34. The third-order valence-electron chi connectivity index (χ3n) is 6.81. The van der Waals surface area contributed by atoms with Crippen LogP contribution in [0.25, 0.3) is 0 Å². The van der Waals surface area contributed by atoms with Crippen molar-refractivity contribution < 1.29 is 9.59 Å². The van der Waals surface area contributed by atoms with E-state index in [1.54, 1.807) is 0 Å². The predicted octanol–water partition coefficient (Wildman–Crippen LogP) is 4.12. The lowest BCUT2D eigenvalue weighted by Crippen LogP contribution is -2.30. The summed E-state index contributed by atoms with van der Waals surface area (Å²) in [5.41, 5.74) is 3.54. The zero-order chi connectivity index (χ0) is 21.5. The van der Waals surface area contributed by atoms with E-state index in [1.807, 2.05) is 54.1 Å². The normalized spacial score (nSPS) is 21.2. The zero-order valence-electron chi connectivity index (χ0n) is 18.4. The minimum Gasteiger partial charge on any atom is -0.337 e. The van der Waals surface area contributed by atoms with Gasteiger partial charge in [0.25, 0.3) is 5.91 Å². The Morgan fingerprint density at radius 2 is 1.93 bits per heavy atom. The molecule has 2 fully saturated rings. The Morgan fingerprint density at radius 3 is 2.57 bits per heavy atom. The van der Waals surface area contributed by atoms with Crippen molar-refractivity contribution in [1.82, 2.24) is 14.7 Å². The number of carbonyl (C=O) groups is 2. The van der Waals surface area contributed by atoms with E-state index < -0.39 is 0 Å². The summed E-state index contributed by atoms with van der Waals surface area (Å²) in [7, 11) is 1.92. The summed E-state index contributed by atoms with van der Waals surface area (Å²) in [6, 6.07) is 5.62. The highest BCUT2D eigenvalue weighted by molar-refractivity contribution is 5.98. The first-order valence-corrected chi connectivity index (χ1v) is 10.9. The Hall–Kier alpha value is -2.63. The molecule has 1 N–H and O–H groups in total. The summed E-state index contributed by atoms with van der Waals surface area (Å²) in [5.74, 6) is 0.551. The second kappa shape index (κ2) is 7.89. The van der Waals surface area contributed by atoms with Crippen LogP contribution in [0, 0.1) is 18.3 Å². The van der Waals surface area contributed by atoms with Crippen molar-refractivity contribution in [2.75, 3.05) is 18.4 Å². The van der Waals surface area contributed by atoms with Crippen LogP contribution in [0.2, 0.25) is 0 Å². The molecular formula is C24H32N4O2. The Kier molecular flexibility index (Phi) is 5.43. The molecule has 1 aromatic carbocycles. The molecule has 2 aliphatic rings. The second-order valence-corrected chi connectivity index (χ2v) is 9.67. The number of likely N-dealkylation sites (tertiary alicyclic amines) is 1. The van der Waals surface area contributed by atoms with Crippen molar-refractivity contribution in [1.29, 1.82) is 0 Å². The Morgan fingerprint density at radius 1 is 1.20 bits per heavy atom. The second-order valence-electron chi connectivity index (χ2n) is 9.67. The highest BCUT2D eigenvalue weighted by Crippen LogP contribution is 2.42. The summed E-state index contributed by atoms with van der Waals surface area (Å²) in [6.45, 7) is 7.78. The highest BCUT2D eigenvalue weighted by Gasteiger charge is 2.42. The fourth-order valence-corrected chi connectivity index (χ4v) is 5.05. The Labute approximate surface area is 178 Å². The quantitative estimate of drug-likeness (QED) is 0.827. The van der Waals surface area contributed by atoms with Gasteiger partial charge in [0, 0.05) is 49.4 Å². The van der Waals surface area contributed by atoms with Crippen LogP contribution < -0.4 is 5.32 Å². The first-order chi connectivity index (χ1) is 14.2. The molecule has 1 aromatic heterocycles. The van der Waals surface area contributed by atoms with Crippen molar-refractivity contribution >= 4 is 17.5 Å². The summed E-state index contributed by atoms with van der Waals surface area (Å²) in [4.78, 5) is 27.7. The number of anilines is 1. The van der Waals surface area contributed by atoms with Crippen LogP contribution in [-0.4, -0.2) is 39.6 Å². The highest BCUT2D eigenvalue weighted by atomic mass is 16.2. The Balaban J connectivity index is 1.47. The van der Waals surface area contributed by atoms with Crippen molar-refractivity contribution in [3.8, 4) is 0 Å². The molecule has 1 aliphatic heterocycles. The molecular weight excluding hydrogens is 376 g/mol. The predicted molar refractivity (Wildman–Crippen MR) is 117 cm³/mol. The molecule has 1 aliphatic carbocycles. The lowest BCUT2D eigenvalue weighted by molar-refractivity contribution is -0.119. The van der Waals surface area contributed by atoms with Crippen molar-refractivity contribution in [2.45, 2.75) is 52.4 Å². The number of benzene rings is 1. The van der Waals surface area contributed by atoms with Crippen molar-refractivity contribution in [3.63, 3.8) is 0 Å². The van der Waals surface area contributed by atoms with E-state index in [0.29, 0.717) is 18.7 Å². The van der Waals surface area contributed by atoms with Gasteiger partial charge in [-0.2, -0.15) is 5.10 Å². The first kappa shape index (κ1) is 20.6. The van der Waals surface area contributed by atoms with Crippen LogP contribution in [0.15, 0.2) is 30.6 Å². The van der Waals surface area contributed by atoms with E-state index in [9.17, 15) is 9.59 Å². The molecule has 0 spiro atoms. The van der Waals surface area contributed by atoms with Gasteiger partial charge in [-0.1, -0.05) is 26.7 Å². The van der Waals surface area contributed by atoms with E-state index >= 15 is 0 Å². The largest absolute Gasteiger partial charge is 0.337 e. The first-order valence-electron chi connectivity index (χ1n) is 10.9. The number of hydrogen-bond acceptors (Lipinski definition) is 3. The molecule has 1 unspecified atom stereocenters. The summed E-state index contributed by atoms with van der Waals surface area (Å²) in [6.07, 6.45) is 8.18. The van der Waals surface area contributed by atoms with Gasteiger partial charge >= 0.3 is 0 Å². The van der Waals surface area contributed by atoms with E-state index in [1.165, 1.54) is 5.56 Å². The number of hydrogen-bond donors (Lipinski definition) is 1. The molecule has 0 bridgehead atoms. The number of aromatic nitrogens is 2. The zero-order valence-corrected chi connectivity index (χ0v) is 18.4. The van der Waals surface area contributed by atoms with E-state index in [0.717, 1.165) is 36.9 Å². The fraction of sp³-hybridized carbons (Fsp3) is 0.542. The standard InChI is InChI=1S/C24H32N4O2/c1-16-11-19(26-22(29)17-7-5-6-8-17)9-10-20(16)23(30)28-14-21(24(2,3)15-28)18-12-25-27(4)13-18/h9-13,17,21H,5-8,14-15H2,1-4H3,(H,26,29). The van der Waals surface area contributed by atoms with E-state index in [2.05, 4.69) is 24.3 Å². The summed E-state index contributed by atoms with van der Waals surface area (Å²) >= 11 is 0. The van der Waals surface area contributed by atoms with E-state index in [-0.39, 0.29) is 29.1 Å². The molecule has 4 rings (SSSR count). The van der Waals surface area contributed by atoms with E-state index in [4.69, 9.17) is 0 Å². The van der Waals surface area contributed by atoms with Gasteiger partial charge in [-0.15, -0.1) is 0 Å². The molecule has 2 heterocycles. The van der Waals surface area contributed by atoms with Gasteiger partial charge in [0.15, 0.2) is 0 Å². The van der Waals surface area contributed by atoms with Gasteiger partial charge in [-0.05, 0) is 54.5 Å². The fourth-order valence-electron chi connectivity index (χ4n) is 5.05. The maximum Gasteiger partial charge on any atom is 0.254 e. The van der Waals surface area contributed by atoms with Crippen molar-refractivity contribution in [3.05, 3.63) is 47.3 Å². The maximum absolute atomic E-state index is 13.3. The molecule has 1 atom stereocenters. The smallest absolute Gasteiger partial charge is 0.254 e. The Bertz CT molecular complexity index is 956. The number of aryl methyl sites for hydroxylation is 2. The third-order valence-corrected chi connectivity index (χ3v) is 6.81. The molecule has 160 valence electrons. The van der Waals surface area contributed by atoms with Crippen LogP contribution in [0.5, 0.6) is 0 Å². The van der Waals surface area contributed by atoms with Gasteiger partial charge in [0.2, 0.25) is 5.91 Å². The molecule has 6 nitrogen and oxygen atoms in total. The topological polar surface area (TPSA) is 67.2 Å². The minimum absolute atomic E-state index is 0.0121. The SMILES string of the molecule is Cc1cc(NC(=O)C2CCCC2)ccc1C(=O)N1CC(c2cnn(C)c2)C(C)(C)C1. The lowest BCUT2D eigenvalue weighted by Gasteiger charge is -2.24. The van der Waals surface area contributed by atoms with Crippen LogP contribution in [0.4, 0.5) is 5.69 Å². The van der Waals surface area contributed by atoms with Crippen LogP contribution >= 0.6 is 0 Å². The van der Waals surface area contributed by atoms with Gasteiger partial charge in [-0.25, -0.2) is 0 Å². The van der Waals surface area contributed by atoms with Crippen molar-refractivity contribution in [2.24, 2.45) is 18.4 Å². The van der Waals surface area contributed by atoms with Gasteiger partial charge in [0.1, 0.15) is 0 Å². The molecule has 1 saturated heterocycles. The van der Waals surface area contributed by atoms with Gasteiger partial charge in [0.05, 0.1) is 6.20 Å². The van der Waals surface area contributed by atoms with Crippen LogP contribution in [0.1, 0.15) is 66.9 Å². The van der Waals surface area contributed by atoms with Gasteiger partial charge < -0.3 is 10.2 Å². The number of amides is 2. The minimum atomic E-state index is -0.0121. The molecule has 30 heavy (non-hydrogen) atoms. The van der Waals surface area contributed by atoms with Crippen LogP contribution in [-0.2, 0) is 11.8 Å². The molecule has 2 amide bonds. The van der Waals surface area contributed by atoms with Crippen LogP contribution in [0.3, 0.4) is 0 Å². The average molecular weight is 409 g/mol. The maximum atomic E-state index is 13.3. The average Bonchev–Trinajstić information content (AvgIpc) is 3.41. The summed E-state index contributed by atoms with van der Waals surface area (Å²) < 4.78 is 1.82. The van der Waals surface area contributed by atoms with Gasteiger partial charge in [-0.3, -0.25) is 14.3 Å². The molecule has 0 radical (unpaired) electrons. The molecule has 1 saturated carbocycles. The lowest BCUT2D eigenvalue weighted by atomic mass is 9.79. The number of carbonyl (C=O) groups excluding carboxylic acids is 2. The number of nitrogens with one attached hydrogen (secondary N) is 1. The molecule has 6 heteroatoms. The molecule has 2 aromatic rings.